The van der Waals surface area contributed by atoms with Crippen LogP contribution in [0.4, 0.5) is 0 Å². The van der Waals surface area contributed by atoms with Gasteiger partial charge in [-0.25, -0.2) is 0 Å². The second-order valence-corrected chi connectivity index (χ2v) is 8.47. The molecule has 1 saturated heterocycles. The summed E-state index contributed by atoms with van der Waals surface area (Å²) >= 11 is 0. The number of amides is 1. The van der Waals surface area contributed by atoms with E-state index in [2.05, 4.69) is 56.4 Å². The van der Waals surface area contributed by atoms with Gasteiger partial charge in [0.15, 0.2) is 5.82 Å². The summed E-state index contributed by atoms with van der Waals surface area (Å²) in [5.41, 5.74) is 2.23. The lowest BCUT2D eigenvalue weighted by Gasteiger charge is -2.32. The molecule has 1 aromatic carbocycles. The molecule has 3 aromatic rings. The first kappa shape index (κ1) is 18.4. The van der Waals surface area contributed by atoms with Crippen molar-refractivity contribution < 1.29 is 4.79 Å². The average Bonchev–Trinajstić information content (AvgIpc) is 3.28. The second kappa shape index (κ2) is 7.30. The lowest BCUT2D eigenvalue weighted by atomic mass is 9.97. The van der Waals surface area contributed by atoms with Crippen molar-refractivity contribution in [2.45, 2.75) is 45.3 Å². The van der Waals surface area contributed by atoms with Gasteiger partial charge < -0.3 is 18.9 Å². The van der Waals surface area contributed by atoms with E-state index in [0.717, 1.165) is 49.0 Å². The van der Waals surface area contributed by atoms with Crippen molar-refractivity contribution in [2.75, 3.05) is 26.7 Å². The van der Waals surface area contributed by atoms with Crippen molar-refractivity contribution in [3.05, 3.63) is 47.7 Å². The van der Waals surface area contributed by atoms with Gasteiger partial charge in [-0.05, 0) is 50.9 Å². The van der Waals surface area contributed by atoms with Crippen LogP contribution in [0.5, 0.6) is 0 Å². The molecule has 1 unspecified atom stereocenters. The predicted molar refractivity (Wildman–Crippen MR) is 112 cm³/mol. The number of piperidine rings is 1. The van der Waals surface area contributed by atoms with Crippen LogP contribution in [0.2, 0.25) is 0 Å². The molecule has 1 amide bonds. The van der Waals surface area contributed by atoms with Crippen LogP contribution in [-0.4, -0.2) is 61.7 Å². The number of benzene rings is 1. The summed E-state index contributed by atoms with van der Waals surface area (Å²) < 4.78 is 4.37. The molecule has 0 spiro atoms. The minimum Gasteiger partial charge on any atom is -0.335 e. The van der Waals surface area contributed by atoms with Crippen molar-refractivity contribution in [1.29, 1.82) is 0 Å². The molecule has 2 aromatic heterocycles. The van der Waals surface area contributed by atoms with Crippen LogP contribution in [0, 0.1) is 6.92 Å². The van der Waals surface area contributed by atoms with E-state index in [9.17, 15) is 4.79 Å². The predicted octanol–water partition coefficient (Wildman–Crippen LogP) is 2.39. The third-order valence-corrected chi connectivity index (χ3v) is 6.44. The molecule has 29 heavy (non-hydrogen) atoms. The van der Waals surface area contributed by atoms with Crippen LogP contribution >= 0.6 is 0 Å². The van der Waals surface area contributed by atoms with Gasteiger partial charge in [-0.1, -0.05) is 18.2 Å². The highest BCUT2D eigenvalue weighted by Gasteiger charge is 2.29. The van der Waals surface area contributed by atoms with E-state index in [0.29, 0.717) is 19.0 Å². The summed E-state index contributed by atoms with van der Waals surface area (Å²) in [5.74, 6) is 2.61. The molecule has 2 aliphatic heterocycles. The van der Waals surface area contributed by atoms with Crippen LogP contribution in [0.15, 0.2) is 30.3 Å². The smallest absolute Gasteiger partial charge is 0.242 e. The van der Waals surface area contributed by atoms with Gasteiger partial charge >= 0.3 is 0 Å². The third-order valence-electron chi connectivity index (χ3n) is 6.44. The van der Waals surface area contributed by atoms with E-state index in [1.54, 1.807) is 0 Å². The van der Waals surface area contributed by atoms with Crippen LogP contribution < -0.4 is 0 Å². The normalized spacial score (nSPS) is 20.2. The quantitative estimate of drug-likeness (QED) is 0.687. The number of likely N-dealkylation sites (N-methyl/N-ethyl adjacent to an activating group) is 1. The minimum absolute atomic E-state index is 0.141. The van der Waals surface area contributed by atoms with Crippen LogP contribution in [0.1, 0.15) is 36.1 Å². The minimum atomic E-state index is 0.141. The van der Waals surface area contributed by atoms with Crippen molar-refractivity contribution in [2.24, 2.45) is 0 Å². The number of rotatable bonds is 3. The fourth-order valence-electron chi connectivity index (χ4n) is 4.87. The largest absolute Gasteiger partial charge is 0.335 e. The highest BCUT2D eigenvalue weighted by atomic mass is 16.2. The molecule has 0 bridgehead atoms. The van der Waals surface area contributed by atoms with Gasteiger partial charge in [0.05, 0.1) is 6.54 Å². The van der Waals surface area contributed by atoms with E-state index in [-0.39, 0.29) is 5.91 Å². The number of carbonyl (C=O) groups is 1. The summed E-state index contributed by atoms with van der Waals surface area (Å²) in [5, 5.41) is 10.2. The number of likely N-dealkylation sites (tertiary alicyclic amines) is 1. The molecule has 5 rings (SSSR count). The lowest BCUT2D eigenvalue weighted by molar-refractivity contribution is -0.133. The molecule has 152 valence electrons. The standard InChI is InChI=1S/C22H28N6O/c1-16-12-17-6-3-4-8-19(17)28(16)15-21(29)26-10-11-27-20(14-26)23-24-22(27)18-7-5-9-25(2)13-18/h3-4,6,8,12,18H,5,7,9-11,13-15H2,1-2H3. The van der Waals surface area contributed by atoms with E-state index in [1.165, 1.54) is 18.2 Å². The average molecular weight is 393 g/mol. The van der Waals surface area contributed by atoms with Gasteiger partial charge in [-0.2, -0.15) is 0 Å². The monoisotopic (exact) mass is 392 g/mol. The zero-order chi connectivity index (χ0) is 20.0. The summed E-state index contributed by atoms with van der Waals surface area (Å²) in [4.78, 5) is 17.4. The Bertz CT molecular complexity index is 1050. The molecule has 4 heterocycles. The Morgan fingerprint density at radius 3 is 2.90 bits per heavy atom. The Balaban J connectivity index is 1.32. The molecule has 2 aliphatic rings. The topological polar surface area (TPSA) is 59.2 Å². The van der Waals surface area contributed by atoms with Crippen LogP contribution in [0.25, 0.3) is 10.9 Å². The molecular weight excluding hydrogens is 364 g/mol. The maximum atomic E-state index is 13.1. The first-order valence-corrected chi connectivity index (χ1v) is 10.5. The van der Waals surface area contributed by atoms with Gasteiger partial charge in [0.25, 0.3) is 0 Å². The zero-order valence-electron chi connectivity index (χ0n) is 17.2. The highest BCUT2D eigenvalue weighted by Crippen LogP contribution is 2.27. The second-order valence-electron chi connectivity index (χ2n) is 8.47. The molecule has 0 N–H and O–H groups in total. The van der Waals surface area contributed by atoms with Gasteiger partial charge in [-0.3, -0.25) is 4.79 Å². The summed E-state index contributed by atoms with van der Waals surface area (Å²) in [6.07, 6.45) is 2.38. The van der Waals surface area contributed by atoms with Gasteiger partial charge in [0.2, 0.25) is 5.91 Å². The molecule has 0 aliphatic carbocycles. The number of para-hydroxylation sites is 1. The molecule has 7 heteroatoms. The summed E-state index contributed by atoms with van der Waals surface area (Å²) in [7, 11) is 2.17. The van der Waals surface area contributed by atoms with E-state index in [1.807, 2.05) is 17.0 Å². The van der Waals surface area contributed by atoms with E-state index >= 15 is 0 Å². The number of aromatic nitrogens is 4. The van der Waals surface area contributed by atoms with E-state index < -0.39 is 0 Å². The first-order valence-electron chi connectivity index (χ1n) is 10.5. The van der Waals surface area contributed by atoms with Gasteiger partial charge in [0.1, 0.15) is 12.4 Å². The molecule has 7 nitrogen and oxygen atoms in total. The first-order chi connectivity index (χ1) is 14.1. The molecule has 0 radical (unpaired) electrons. The fourth-order valence-corrected chi connectivity index (χ4v) is 4.87. The number of carbonyl (C=O) groups excluding carboxylic acids is 1. The number of hydrogen-bond acceptors (Lipinski definition) is 4. The van der Waals surface area contributed by atoms with Crippen molar-refractivity contribution in [1.82, 2.24) is 29.1 Å². The van der Waals surface area contributed by atoms with Crippen molar-refractivity contribution in [3.8, 4) is 0 Å². The van der Waals surface area contributed by atoms with E-state index in [4.69, 9.17) is 0 Å². The Kier molecular flexibility index (Phi) is 4.62. The van der Waals surface area contributed by atoms with Gasteiger partial charge in [-0.15, -0.1) is 10.2 Å². The third kappa shape index (κ3) is 3.33. The Morgan fingerprint density at radius 2 is 2.03 bits per heavy atom. The number of aryl methyl sites for hydroxylation is 1. The zero-order valence-corrected chi connectivity index (χ0v) is 17.2. The highest BCUT2D eigenvalue weighted by molar-refractivity contribution is 5.84. The SMILES string of the molecule is Cc1cc2ccccc2n1CC(=O)N1CCn2c(nnc2C2CCCN(C)C2)C1. The number of fused-ring (bicyclic) bond motifs is 2. The molecular formula is C22H28N6O. The molecule has 0 saturated carbocycles. The maximum absolute atomic E-state index is 13.1. The maximum Gasteiger partial charge on any atom is 0.242 e. The molecule has 1 fully saturated rings. The van der Waals surface area contributed by atoms with Crippen molar-refractivity contribution >= 4 is 16.8 Å². The Hall–Kier alpha value is -2.67. The van der Waals surface area contributed by atoms with Crippen LogP contribution in [-0.2, 0) is 24.4 Å². The lowest BCUT2D eigenvalue weighted by Crippen LogP contribution is -2.41. The Labute approximate surface area is 170 Å². The summed E-state index contributed by atoms with van der Waals surface area (Å²) in [6.45, 7) is 6.69. The van der Waals surface area contributed by atoms with Crippen molar-refractivity contribution in [3.63, 3.8) is 0 Å². The summed E-state index contributed by atoms with van der Waals surface area (Å²) in [6, 6.07) is 10.4. The molecule has 1 atom stereocenters. The Morgan fingerprint density at radius 1 is 1.17 bits per heavy atom. The van der Waals surface area contributed by atoms with Crippen LogP contribution in [0.3, 0.4) is 0 Å². The number of nitrogens with zero attached hydrogens (tertiary/aromatic N) is 6. The fraction of sp³-hybridized carbons (Fsp3) is 0.500. The number of hydrogen-bond donors (Lipinski definition) is 0. The van der Waals surface area contributed by atoms with Gasteiger partial charge in [0, 0.05) is 36.8 Å².